The van der Waals surface area contributed by atoms with Crippen LogP contribution in [-0.4, -0.2) is 49.4 Å². The van der Waals surface area contributed by atoms with Crippen molar-refractivity contribution in [2.24, 2.45) is 5.92 Å². The number of hydrogen-bond acceptors (Lipinski definition) is 4. The average molecular weight is 374 g/mol. The summed E-state index contributed by atoms with van der Waals surface area (Å²) in [6, 6.07) is 9.90. The van der Waals surface area contributed by atoms with Crippen LogP contribution in [0.3, 0.4) is 0 Å². The molecule has 26 heavy (non-hydrogen) atoms. The molecule has 1 saturated heterocycles. The predicted molar refractivity (Wildman–Crippen MR) is 95.4 cm³/mol. The number of carboxylic acid groups (broad SMARTS) is 1. The van der Waals surface area contributed by atoms with E-state index in [0.29, 0.717) is 24.0 Å². The molecular weight excluding hydrogens is 356 g/mol. The summed E-state index contributed by atoms with van der Waals surface area (Å²) in [6.45, 7) is 1.69. The second kappa shape index (κ2) is 5.70. The van der Waals surface area contributed by atoms with Crippen molar-refractivity contribution in [3.05, 3.63) is 36.4 Å². The fourth-order valence-electron chi connectivity index (χ4n) is 3.96. The number of rotatable bonds is 3. The van der Waals surface area contributed by atoms with E-state index in [9.17, 15) is 23.1 Å². The van der Waals surface area contributed by atoms with E-state index in [1.807, 2.05) is 12.1 Å². The number of amides is 1. The Kier molecular flexibility index (Phi) is 3.69. The molecule has 0 aliphatic carbocycles. The number of aliphatic carboxylic acids is 1. The summed E-state index contributed by atoms with van der Waals surface area (Å²) >= 11 is 0. The normalized spacial score (nSPS) is 23.6. The highest BCUT2D eigenvalue weighted by Gasteiger charge is 2.41. The standard InChI is InChI=1S/C18H18N2O5S/c1-11-13(18(22)23)8-9-19(11)16(21)10-20-14-6-2-4-12-5-3-7-15(17(12)14)26(20,24)25/h2-7,11,13H,8-10H2,1H3,(H,22,23). The molecule has 1 fully saturated rings. The van der Waals surface area contributed by atoms with Gasteiger partial charge in [-0.25, -0.2) is 8.42 Å². The lowest BCUT2D eigenvalue weighted by molar-refractivity contribution is -0.142. The Labute approximate surface area is 150 Å². The fourth-order valence-corrected chi connectivity index (χ4v) is 5.62. The molecule has 0 saturated carbocycles. The van der Waals surface area contributed by atoms with Gasteiger partial charge in [0, 0.05) is 18.0 Å². The first-order valence-corrected chi connectivity index (χ1v) is 9.83. The summed E-state index contributed by atoms with van der Waals surface area (Å²) in [7, 11) is -3.80. The van der Waals surface area contributed by atoms with Crippen molar-refractivity contribution >= 4 is 38.4 Å². The van der Waals surface area contributed by atoms with Crippen molar-refractivity contribution < 1.29 is 23.1 Å². The second-order valence-electron chi connectivity index (χ2n) is 6.70. The molecule has 1 N–H and O–H groups in total. The van der Waals surface area contributed by atoms with Crippen molar-refractivity contribution in [3.8, 4) is 0 Å². The smallest absolute Gasteiger partial charge is 0.308 e. The zero-order valence-corrected chi connectivity index (χ0v) is 14.9. The highest BCUT2D eigenvalue weighted by atomic mass is 32.2. The van der Waals surface area contributed by atoms with Gasteiger partial charge in [-0.05, 0) is 30.9 Å². The largest absolute Gasteiger partial charge is 0.481 e. The van der Waals surface area contributed by atoms with Gasteiger partial charge in [0.1, 0.15) is 6.54 Å². The Bertz CT molecular complexity index is 1030. The zero-order chi connectivity index (χ0) is 18.6. The Morgan fingerprint density at radius 1 is 1.19 bits per heavy atom. The molecule has 7 nitrogen and oxygen atoms in total. The quantitative estimate of drug-likeness (QED) is 0.882. The van der Waals surface area contributed by atoms with Gasteiger partial charge in [0.2, 0.25) is 5.91 Å². The van der Waals surface area contributed by atoms with E-state index in [0.717, 1.165) is 9.69 Å². The number of benzene rings is 2. The van der Waals surface area contributed by atoms with E-state index in [2.05, 4.69) is 0 Å². The second-order valence-corrected chi connectivity index (χ2v) is 8.53. The van der Waals surface area contributed by atoms with Crippen molar-refractivity contribution in [1.29, 1.82) is 0 Å². The van der Waals surface area contributed by atoms with Crippen LogP contribution in [0.4, 0.5) is 5.69 Å². The molecule has 0 aromatic heterocycles. The number of likely N-dealkylation sites (tertiary alicyclic amines) is 1. The van der Waals surface area contributed by atoms with Gasteiger partial charge in [-0.1, -0.05) is 24.3 Å². The maximum atomic E-state index is 12.9. The molecule has 0 bridgehead atoms. The zero-order valence-electron chi connectivity index (χ0n) is 14.1. The molecular formula is C18H18N2O5S. The molecule has 2 aromatic carbocycles. The lowest BCUT2D eigenvalue weighted by Crippen LogP contribution is -2.44. The molecule has 136 valence electrons. The van der Waals surface area contributed by atoms with Gasteiger partial charge < -0.3 is 10.0 Å². The molecule has 2 aliphatic rings. The predicted octanol–water partition coefficient (Wildman–Crippen LogP) is 1.67. The van der Waals surface area contributed by atoms with Crippen LogP contribution in [-0.2, 0) is 19.6 Å². The summed E-state index contributed by atoms with van der Waals surface area (Å²) in [5, 5.41) is 10.7. The maximum absolute atomic E-state index is 12.9. The molecule has 8 heteroatoms. The van der Waals surface area contributed by atoms with Gasteiger partial charge in [-0.3, -0.25) is 13.9 Å². The van der Waals surface area contributed by atoms with Gasteiger partial charge in [0.05, 0.1) is 16.5 Å². The Morgan fingerprint density at radius 3 is 2.54 bits per heavy atom. The Morgan fingerprint density at radius 2 is 1.88 bits per heavy atom. The number of nitrogens with zero attached hydrogens (tertiary/aromatic N) is 2. The van der Waals surface area contributed by atoms with Crippen molar-refractivity contribution in [2.75, 3.05) is 17.4 Å². The van der Waals surface area contributed by atoms with Crippen molar-refractivity contribution in [3.63, 3.8) is 0 Å². The van der Waals surface area contributed by atoms with Crippen LogP contribution < -0.4 is 4.31 Å². The van der Waals surface area contributed by atoms with Crippen LogP contribution in [0.2, 0.25) is 0 Å². The van der Waals surface area contributed by atoms with E-state index in [-0.39, 0.29) is 17.3 Å². The van der Waals surface area contributed by atoms with Crippen molar-refractivity contribution in [2.45, 2.75) is 24.3 Å². The van der Waals surface area contributed by atoms with Gasteiger partial charge >= 0.3 is 5.97 Å². The third-order valence-electron chi connectivity index (χ3n) is 5.35. The first-order valence-electron chi connectivity index (χ1n) is 8.39. The number of anilines is 1. The van der Waals surface area contributed by atoms with Gasteiger partial charge in [-0.15, -0.1) is 0 Å². The number of carboxylic acids is 1. The first-order chi connectivity index (χ1) is 12.3. The van der Waals surface area contributed by atoms with E-state index >= 15 is 0 Å². The molecule has 2 atom stereocenters. The lowest BCUT2D eigenvalue weighted by atomic mass is 10.0. The fraction of sp³-hybridized carbons (Fsp3) is 0.333. The van der Waals surface area contributed by atoms with Gasteiger partial charge in [0.25, 0.3) is 10.0 Å². The molecule has 1 amide bonds. The van der Waals surface area contributed by atoms with Gasteiger partial charge in [0.15, 0.2) is 0 Å². The molecule has 0 spiro atoms. The molecule has 4 rings (SSSR count). The van der Waals surface area contributed by atoms with E-state index in [1.54, 1.807) is 31.2 Å². The summed E-state index contributed by atoms with van der Waals surface area (Å²) in [6.07, 6.45) is 0.380. The molecule has 2 aromatic rings. The molecule has 0 radical (unpaired) electrons. The Balaban J connectivity index is 1.67. The summed E-state index contributed by atoms with van der Waals surface area (Å²) in [5.74, 6) is -1.93. The average Bonchev–Trinajstić information content (AvgIpc) is 3.08. The van der Waals surface area contributed by atoms with Crippen LogP contribution >= 0.6 is 0 Å². The van der Waals surface area contributed by atoms with E-state index in [1.165, 1.54) is 4.90 Å². The van der Waals surface area contributed by atoms with Crippen molar-refractivity contribution in [1.82, 2.24) is 4.90 Å². The van der Waals surface area contributed by atoms with E-state index < -0.39 is 28.0 Å². The van der Waals surface area contributed by atoms with Crippen LogP contribution in [0.25, 0.3) is 10.8 Å². The molecule has 2 unspecified atom stereocenters. The Hall–Kier alpha value is -2.61. The number of carbonyl (C=O) groups is 2. The summed E-state index contributed by atoms with van der Waals surface area (Å²) in [4.78, 5) is 25.7. The SMILES string of the molecule is CC1C(C(=O)O)CCN1C(=O)CN1c2cccc3cccc(c23)S1(=O)=O. The number of carbonyl (C=O) groups excluding carboxylic acids is 1. The topological polar surface area (TPSA) is 95.0 Å². The lowest BCUT2D eigenvalue weighted by Gasteiger charge is -2.26. The minimum absolute atomic E-state index is 0.205. The van der Waals surface area contributed by atoms with Gasteiger partial charge in [-0.2, -0.15) is 0 Å². The van der Waals surface area contributed by atoms with E-state index in [4.69, 9.17) is 0 Å². The number of sulfonamides is 1. The molecule has 2 aliphatic heterocycles. The minimum atomic E-state index is -3.80. The van der Waals surface area contributed by atoms with Crippen LogP contribution in [0.15, 0.2) is 41.3 Å². The summed E-state index contributed by atoms with van der Waals surface area (Å²) in [5.41, 5.74) is 0.494. The maximum Gasteiger partial charge on any atom is 0.308 e. The third-order valence-corrected chi connectivity index (χ3v) is 7.15. The van der Waals surface area contributed by atoms with Crippen LogP contribution in [0, 0.1) is 5.92 Å². The monoisotopic (exact) mass is 374 g/mol. The third kappa shape index (κ3) is 2.28. The van der Waals surface area contributed by atoms with Crippen LogP contribution in [0.1, 0.15) is 13.3 Å². The minimum Gasteiger partial charge on any atom is -0.481 e. The van der Waals surface area contributed by atoms with Crippen LogP contribution in [0.5, 0.6) is 0 Å². The first kappa shape index (κ1) is 16.8. The highest BCUT2D eigenvalue weighted by Crippen LogP contribution is 2.42. The molecule has 2 heterocycles. The summed E-state index contributed by atoms with van der Waals surface area (Å²) < 4.78 is 27.0. The highest BCUT2D eigenvalue weighted by molar-refractivity contribution is 7.93. The number of hydrogen-bond donors (Lipinski definition) is 1.